The summed E-state index contributed by atoms with van der Waals surface area (Å²) in [5, 5.41) is 1.16. The number of pyridine rings is 1. The molecule has 0 amide bonds. The van der Waals surface area contributed by atoms with Gasteiger partial charge in [-0.25, -0.2) is 9.78 Å². The number of methoxy groups -OCH3 is 2. The Labute approximate surface area is 152 Å². The maximum atomic E-state index is 11.9. The largest absolute Gasteiger partial charge is 0.481 e. The van der Waals surface area contributed by atoms with Crippen molar-refractivity contribution in [1.82, 2.24) is 9.97 Å². The molecular weight excluding hydrogens is 328 g/mol. The third kappa shape index (κ3) is 2.83. The summed E-state index contributed by atoms with van der Waals surface area (Å²) in [5.74, 6) is 0.773. The van der Waals surface area contributed by atoms with Gasteiger partial charge in [-0.05, 0) is 42.5 Å². The number of esters is 1. The molecule has 1 N–H and O–H groups in total. The molecule has 4 rings (SSSR count). The van der Waals surface area contributed by atoms with Crippen LogP contribution in [0.3, 0.4) is 0 Å². The number of aromatic amines is 1. The van der Waals surface area contributed by atoms with Gasteiger partial charge in [0.25, 0.3) is 0 Å². The quantitative estimate of drug-likeness (QED) is 0.694. The van der Waals surface area contributed by atoms with Crippen molar-refractivity contribution in [3.63, 3.8) is 0 Å². The van der Waals surface area contributed by atoms with Gasteiger partial charge >= 0.3 is 5.97 Å². The summed E-state index contributed by atoms with van der Waals surface area (Å²) in [6.45, 7) is 0. The Morgan fingerprint density at radius 2 is 1.96 bits per heavy atom. The van der Waals surface area contributed by atoms with Crippen LogP contribution >= 0.6 is 0 Å². The second-order valence-corrected chi connectivity index (χ2v) is 6.71. The molecule has 134 valence electrons. The number of hydrogen-bond donors (Lipinski definition) is 1. The number of rotatable bonds is 4. The highest BCUT2D eigenvalue weighted by molar-refractivity contribution is 5.97. The van der Waals surface area contributed by atoms with Crippen LogP contribution in [-0.4, -0.2) is 30.2 Å². The topological polar surface area (TPSA) is 64.2 Å². The van der Waals surface area contributed by atoms with Crippen molar-refractivity contribution in [2.45, 2.75) is 31.6 Å². The van der Waals surface area contributed by atoms with Crippen molar-refractivity contribution >= 4 is 16.9 Å². The fraction of sp³-hybridized carbons (Fsp3) is 0.333. The predicted octanol–water partition coefficient (Wildman–Crippen LogP) is 4.68. The number of aromatic nitrogens is 2. The highest BCUT2D eigenvalue weighted by Crippen LogP contribution is 2.43. The number of hydrogen-bond acceptors (Lipinski definition) is 4. The molecule has 1 fully saturated rings. The molecule has 0 spiro atoms. The molecule has 3 aromatic rings. The lowest BCUT2D eigenvalue weighted by Gasteiger charge is -2.12. The molecule has 0 radical (unpaired) electrons. The number of ether oxygens (including phenoxy) is 2. The second kappa shape index (κ2) is 6.83. The van der Waals surface area contributed by atoms with Gasteiger partial charge in [0, 0.05) is 17.0 Å². The lowest BCUT2D eigenvalue weighted by atomic mass is 9.93. The van der Waals surface area contributed by atoms with Gasteiger partial charge in [0.05, 0.1) is 31.2 Å². The van der Waals surface area contributed by atoms with Crippen LogP contribution in [0.1, 0.15) is 47.5 Å². The minimum absolute atomic E-state index is 0.329. The lowest BCUT2D eigenvalue weighted by molar-refractivity contribution is 0.0601. The van der Waals surface area contributed by atoms with E-state index in [1.54, 1.807) is 7.11 Å². The fourth-order valence-electron chi connectivity index (χ4n) is 3.97. The molecule has 0 bridgehead atoms. The molecule has 1 aliphatic rings. The highest BCUT2D eigenvalue weighted by Gasteiger charge is 2.25. The summed E-state index contributed by atoms with van der Waals surface area (Å²) >= 11 is 0. The monoisotopic (exact) mass is 350 g/mol. The maximum absolute atomic E-state index is 11.9. The van der Waals surface area contributed by atoms with Crippen molar-refractivity contribution in [1.29, 1.82) is 0 Å². The van der Waals surface area contributed by atoms with Crippen LogP contribution in [0.2, 0.25) is 0 Å². The first-order valence-corrected chi connectivity index (χ1v) is 8.96. The Kier molecular flexibility index (Phi) is 4.37. The molecule has 5 heteroatoms. The van der Waals surface area contributed by atoms with Gasteiger partial charge in [0.1, 0.15) is 0 Å². The van der Waals surface area contributed by atoms with Gasteiger partial charge in [-0.2, -0.15) is 0 Å². The first-order valence-electron chi connectivity index (χ1n) is 8.96. The summed E-state index contributed by atoms with van der Waals surface area (Å²) in [4.78, 5) is 20.0. The Bertz CT molecular complexity index is 955. The summed E-state index contributed by atoms with van der Waals surface area (Å²) < 4.78 is 10.1. The first-order chi connectivity index (χ1) is 12.7. The fourth-order valence-corrected chi connectivity index (χ4v) is 3.97. The SMILES string of the molecule is COC(=O)c1ccc2c(C3CCCC3)c(-c3cccc(OC)n3)[nH]c2c1. The molecular formula is C21H22N2O3. The molecule has 1 aliphatic carbocycles. The van der Waals surface area contributed by atoms with Crippen LogP contribution < -0.4 is 4.74 Å². The number of carbonyl (C=O) groups excluding carboxylic acids is 1. The van der Waals surface area contributed by atoms with Crippen molar-refractivity contribution in [3.05, 3.63) is 47.5 Å². The Morgan fingerprint density at radius 3 is 2.69 bits per heavy atom. The maximum Gasteiger partial charge on any atom is 0.337 e. The molecule has 5 nitrogen and oxygen atoms in total. The molecule has 26 heavy (non-hydrogen) atoms. The predicted molar refractivity (Wildman–Crippen MR) is 101 cm³/mol. The second-order valence-electron chi connectivity index (χ2n) is 6.71. The number of benzene rings is 1. The van der Waals surface area contributed by atoms with Gasteiger partial charge in [-0.15, -0.1) is 0 Å². The van der Waals surface area contributed by atoms with Crippen molar-refractivity contribution in [2.24, 2.45) is 0 Å². The Balaban J connectivity index is 1.91. The van der Waals surface area contributed by atoms with E-state index in [4.69, 9.17) is 9.47 Å². The van der Waals surface area contributed by atoms with Crippen molar-refractivity contribution in [2.75, 3.05) is 14.2 Å². The van der Waals surface area contributed by atoms with Crippen LogP contribution in [0.5, 0.6) is 5.88 Å². The molecule has 0 atom stereocenters. The van der Waals surface area contributed by atoms with Crippen LogP contribution in [0.15, 0.2) is 36.4 Å². The smallest absolute Gasteiger partial charge is 0.337 e. The summed E-state index contributed by atoms with van der Waals surface area (Å²) in [5.41, 5.74) is 4.67. The molecule has 0 aliphatic heterocycles. The molecule has 2 aromatic heterocycles. The van der Waals surface area contributed by atoms with E-state index in [2.05, 4.69) is 9.97 Å². The van der Waals surface area contributed by atoms with E-state index in [-0.39, 0.29) is 5.97 Å². The minimum Gasteiger partial charge on any atom is -0.481 e. The van der Waals surface area contributed by atoms with Gasteiger partial charge in [0.15, 0.2) is 0 Å². The zero-order valence-corrected chi connectivity index (χ0v) is 15.0. The number of nitrogens with one attached hydrogen (secondary N) is 1. The van der Waals surface area contributed by atoms with Crippen LogP contribution in [-0.2, 0) is 4.74 Å². The van der Waals surface area contributed by atoms with Crippen LogP contribution in [0, 0.1) is 0 Å². The van der Waals surface area contributed by atoms with E-state index >= 15 is 0 Å². The number of carbonyl (C=O) groups is 1. The molecule has 1 saturated carbocycles. The van der Waals surface area contributed by atoms with E-state index in [9.17, 15) is 4.79 Å². The molecule has 0 unspecified atom stereocenters. The Hall–Kier alpha value is -2.82. The highest BCUT2D eigenvalue weighted by atomic mass is 16.5. The molecule has 0 saturated heterocycles. The normalized spacial score (nSPS) is 14.7. The van der Waals surface area contributed by atoms with Crippen LogP contribution in [0.25, 0.3) is 22.3 Å². The third-order valence-electron chi connectivity index (χ3n) is 5.21. The number of H-pyrrole nitrogens is 1. The summed E-state index contributed by atoms with van der Waals surface area (Å²) in [7, 11) is 3.02. The zero-order chi connectivity index (χ0) is 18.1. The van der Waals surface area contributed by atoms with E-state index < -0.39 is 0 Å². The third-order valence-corrected chi connectivity index (χ3v) is 5.21. The lowest BCUT2D eigenvalue weighted by Crippen LogP contribution is -2.00. The van der Waals surface area contributed by atoms with Crippen LogP contribution in [0.4, 0.5) is 0 Å². The average Bonchev–Trinajstić information content (AvgIpc) is 3.34. The van der Waals surface area contributed by atoms with Gasteiger partial charge in [-0.3, -0.25) is 0 Å². The summed E-state index contributed by atoms with van der Waals surface area (Å²) in [6.07, 6.45) is 4.87. The van der Waals surface area contributed by atoms with E-state index in [1.165, 1.54) is 38.4 Å². The molecule has 1 aromatic carbocycles. The van der Waals surface area contributed by atoms with Gasteiger partial charge in [0.2, 0.25) is 5.88 Å². The Morgan fingerprint density at radius 1 is 1.15 bits per heavy atom. The number of fused-ring (bicyclic) bond motifs is 1. The minimum atomic E-state index is -0.329. The van der Waals surface area contributed by atoms with Crippen molar-refractivity contribution < 1.29 is 14.3 Å². The zero-order valence-electron chi connectivity index (χ0n) is 15.0. The van der Waals surface area contributed by atoms with Gasteiger partial charge in [-0.1, -0.05) is 25.0 Å². The average molecular weight is 350 g/mol. The van der Waals surface area contributed by atoms with E-state index in [0.29, 0.717) is 17.4 Å². The standard InChI is InChI=1S/C21H22N2O3/c1-25-18-9-5-8-16(22-18)20-19(13-6-3-4-7-13)15-11-10-14(21(24)26-2)12-17(15)23-20/h5,8-13,23H,3-4,6-7H2,1-2H3. The van der Waals surface area contributed by atoms with E-state index in [0.717, 1.165) is 22.3 Å². The molecule has 2 heterocycles. The van der Waals surface area contributed by atoms with E-state index in [1.807, 2.05) is 36.4 Å². The first kappa shape index (κ1) is 16.6. The summed E-state index contributed by atoms with van der Waals surface area (Å²) in [6, 6.07) is 11.5. The van der Waals surface area contributed by atoms with Gasteiger partial charge < -0.3 is 14.5 Å². The number of nitrogens with zero attached hydrogens (tertiary/aromatic N) is 1. The van der Waals surface area contributed by atoms with Crippen molar-refractivity contribution in [3.8, 4) is 17.3 Å².